The van der Waals surface area contributed by atoms with Gasteiger partial charge in [-0.2, -0.15) is 0 Å². The molecule has 0 radical (unpaired) electrons. The van der Waals surface area contributed by atoms with Crippen molar-refractivity contribution in [2.75, 3.05) is 13.2 Å². The summed E-state index contributed by atoms with van der Waals surface area (Å²) in [6, 6.07) is 14.3. The fourth-order valence-corrected chi connectivity index (χ4v) is 3.60. The van der Waals surface area contributed by atoms with Crippen LogP contribution >= 0.6 is 0 Å². The van der Waals surface area contributed by atoms with Crippen LogP contribution in [0.15, 0.2) is 42.5 Å². The highest BCUT2D eigenvalue weighted by molar-refractivity contribution is 5.77. The molecule has 4 heteroatoms. The fourth-order valence-electron chi connectivity index (χ4n) is 3.60. The Morgan fingerprint density at radius 2 is 1.86 bits per heavy atom. The van der Waals surface area contributed by atoms with Crippen LogP contribution in [-0.4, -0.2) is 25.2 Å². The minimum atomic E-state index is -0.0610. The zero-order valence-electron chi connectivity index (χ0n) is 17.0. The molecule has 0 heterocycles. The number of benzene rings is 2. The smallest absolute Gasteiger partial charge is 0.257 e. The van der Waals surface area contributed by atoms with Crippen LogP contribution < -0.4 is 14.8 Å². The second kappa shape index (κ2) is 10.2. The number of carbonyl (C=O) groups is 1. The van der Waals surface area contributed by atoms with E-state index in [-0.39, 0.29) is 18.6 Å². The molecule has 150 valence electrons. The Bertz CT molecular complexity index is 768. The van der Waals surface area contributed by atoms with Crippen LogP contribution in [0.2, 0.25) is 0 Å². The molecule has 0 atom stereocenters. The average Bonchev–Trinajstić information content (AvgIpc) is 2.70. The van der Waals surface area contributed by atoms with Crippen LogP contribution in [0.1, 0.15) is 49.8 Å². The Hall–Kier alpha value is -2.49. The molecule has 0 fully saturated rings. The highest BCUT2D eigenvalue weighted by atomic mass is 16.5. The lowest BCUT2D eigenvalue weighted by Crippen LogP contribution is -2.30. The molecule has 0 aliphatic heterocycles. The van der Waals surface area contributed by atoms with E-state index < -0.39 is 0 Å². The van der Waals surface area contributed by atoms with Crippen molar-refractivity contribution in [2.45, 2.75) is 58.5 Å². The molecule has 4 nitrogen and oxygen atoms in total. The van der Waals surface area contributed by atoms with Gasteiger partial charge in [0.05, 0.1) is 6.10 Å². The second-order valence-electron chi connectivity index (χ2n) is 7.65. The van der Waals surface area contributed by atoms with E-state index in [1.54, 1.807) is 0 Å². The number of rotatable bonds is 9. The molecular formula is C24H31NO3. The number of ether oxygens (including phenoxy) is 2. The van der Waals surface area contributed by atoms with Gasteiger partial charge in [0.1, 0.15) is 11.5 Å². The summed E-state index contributed by atoms with van der Waals surface area (Å²) < 4.78 is 11.5. The molecule has 0 saturated heterocycles. The molecule has 1 aliphatic carbocycles. The van der Waals surface area contributed by atoms with E-state index >= 15 is 0 Å². The van der Waals surface area contributed by atoms with Crippen LogP contribution in [0, 0.1) is 0 Å². The molecule has 2 aromatic carbocycles. The zero-order valence-corrected chi connectivity index (χ0v) is 17.0. The van der Waals surface area contributed by atoms with Crippen LogP contribution in [0.25, 0.3) is 0 Å². The predicted molar refractivity (Wildman–Crippen MR) is 112 cm³/mol. The van der Waals surface area contributed by atoms with Gasteiger partial charge in [0.15, 0.2) is 6.61 Å². The van der Waals surface area contributed by atoms with E-state index in [4.69, 9.17) is 9.47 Å². The summed E-state index contributed by atoms with van der Waals surface area (Å²) in [6.07, 6.45) is 6.61. The Morgan fingerprint density at radius 3 is 2.64 bits per heavy atom. The molecule has 1 aliphatic rings. The number of nitrogens with one attached hydrogen (secondary N) is 1. The lowest BCUT2D eigenvalue weighted by molar-refractivity contribution is -0.123. The largest absolute Gasteiger partial charge is 0.491 e. The molecular weight excluding hydrogens is 350 g/mol. The Balaban J connectivity index is 1.36. The molecule has 0 bridgehead atoms. The quantitative estimate of drug-likeness (QED) is 0.652. The maximum Gasteiger partial charge on any atom is 0.257 e. The van der Waals surface area contributed by atoms with Crippen LogP contribution in [0.5, 0.6) is 11.5 Å². The highest BCUT2D eigenvalue weighted by Crippen LogP contribution is 2.29. The van der Waals surface area contributed by atoms with Crippen LogP contribution in [0.3, 0.4) is 0 Å². The molecule has 0 spiro atoms. The average molecular weight is 382 g/mol. The van der Waals surface area contributed by atoms with Crippen molar-refractivity contribution in [1.29, 1.82) is 0 Å². The number of hydrogen-bond donors (Lipinski definition) is 1. The number of aryl methyl sites for hydroxylation is 2. The van der Waals surface area contributed by atoms with E-state index in [1.807, 2.05) is 38.1 Å². The zero-order chi connectivity index (χ0) is 19.8. The first-order chi connectivity index (χ1) is 13.6. The van der Waals surface area contributed by atoms with E-state index in [9.17, 15) is 4.79 Å². The number of hydrogen-bond acceptors (Lipinski definition) is 3. The lowest BCUT2D eigenvalue weighted by atomic mass is 9.91. The molecule has 1 amide bonds. The van der Waals surface area contributed by atoms with Gasteiger partial charge in [-0.25, -0.2) is 0 Å². The van der Waals surface area contributed by atoms with Crippen molar-refractivity contribution < 1.29 is 14.3 Å². The van der Waals surface area contributed by atoms with Gasteiger partial charge in [0.2, 0.25) is 0 Å². The third-order valence-electron chi connectivity index (χ3n) is 4.97. The van der Waals surface area contributed by atoms with Crippen molar-refractivity contribution >= 4 is 5.91 Å². The molecule has 1 N–H and O–H groups in total. The first-order valence-corrected chi connectivity index (χ1v) is 10.4. The predicted octanol–water partition coefficient (Wildman–Crippen LogP) is 4.48. The van der Waals surface area contributed by atoms with E-state index in [0.717, 1.165) is 37.2 Å². The van der Waals surface area contributed by atoms with E-state index in [0.29, 0.717) is 6.54 Å². The Morgan fingerprint density at radius 1 is 1.07 bits per heavy atom. The van der Waals surface area contributed by atoms with Gasteiger partial charge in [-0.15, -0.1) is 0 Å². The molecule has 2 aromatic rings. The maximum atomic E-state index is 12.1. The van der Waals surface area contributed by atoms with Gasteiger partial charge in [-0.3, -0.25) is 4.79 Å². The summed E-state index contributed by atoms with van der Waals surface area (Å²) in [5.74, 6) is 1.71. The number of amides is 1. The number of carbonyl (C=O) groups excluding carboxylic acids is 1. The molecule has 3 rings (SSSR count). The highest BCUT2D eigenvalue weighted by Gasteiger charge is 2.14. The first kappa shape index (κ1) is 20.2. The van der Waals surface area contributed by atoms with Crippen molar-refractivity contribution in [2.24, 2.45) is 0 Å². The lowest BCUT2D eigenvalue weighted by Gasteiger charge is -2.19. The van der Waals surface area contributed by atoms with E-state index in [1.165, 1.54) is 29.5 Å². The monoisotopic (exact) mass is 381 g/mol. The summed E-state index contributed by atoms with van der Waals surface area (Å²) in [5.41, 5.74) is 3.90. The van der Waals surface area contributed by atoms with Crippen LogP contribution in [-0.2, 0) is 24.1 Å². The van der Waals surface area contributed by atoms with Gasteiger partial charge in [0.25, 0.3) is 5.91 Å². The third-order valence-corrected chi connectivity index (χ3v) is 4.97. The van der Waals surface area contributed by atoms with Gasteiger partial charge in [0, 0.05) is 6.54 Å². The first-order valence-electron chi connectivity index (χ1n) is 10.4. The second-order valence-corrected chi connectivity index (χ2v) is 7.65. The minimum absolute atomic E-state index is 0.0610. The normalized spacial score (nSPS) is 13.1. The molecule has 28 heavy (non-hydrogen) atoms. The van der Waals surface area contributed by atoms with E-state index in [2.05, 4.69) is 23.5 Å². The van der Waals surface area contributed by atoms with Crippen molar-refractivity contribution in [3.8, 4) is 11.5 Å². The summed E-state index contributed by atoms with van der Waals surface area (Å²) in [4.78, 5) is 12.1. The molecule has 0 saturated carbocycles. The Kier molecular flexibility index (Phi) is 7.35. The van der Waals surface area contributed by atoms with Gasteiger partial charge < -0.3 is 14.8 Å². The maximum absolute atomic E-state index is 12.1. The number of fused-ring (bicyclic) bond motifs is 1. The van der Waals surface area contributed by atoms with Gasteiger partial charge in [-0.05, 0) is 87.3 Å². The topological polar surface area (TPSA) is 47.6 Å². The summed E-state index contributed by atoms with van der Waals surface area (Å²) in [7, 11) is 0. The van der Waals surface area contributed by atoms with Crippen molar-refractivity contribution in [1.82, 2.24) is 5.32 Å². The van der Waals surface area contributed by atoms with Crippen LogP contribution in [0.4, 0.5) is 0 Å². The third kappa shape index (κ3) is 6.01. The van der Waals surface area contributed by atoms with Crippen molar-refractivity contribution in [3.05, 3.63) is 59.2 Å². The summed E-state index contributed by atoms with van der Waals surface area (Å²) >= 11 is 0. The minimum Gasteiger partial charge on any atom is -0.491 e. The Labute approximate surface area is 168 Å². The van der Waals surface area contributed by atoms with Gasteiger partial charge in [-0.1, -0.05) is 24.3 Å². The molecule has 0 aromatic heterocycles. The summed E-state index contributed by atoms with van der Waals surface area (Å²) in [5, 5.41) is 2.95. The summed E-state index contributed by atoms with van der Waals surface area (Å²) in [6.45, 7) is 4.77. The standard InChI is InChI=1S/C24H31NO3/c1-18(2)28-21-14-12-19(13-15-21)7-6-16-25-24(26)17-27-23-11-5-9-20-8-3-4-10-22(20)23/h5,9,11-15,18H,3-4,6-8,10,16-17H2,1-2H3,(H,25,26). The van der Waals surface area contributed by atoms with Crippen molar-refractivity contribution in [3.63, 3.8) is 0 Å². The fraction of sp³-hybridized carbons (Fsp3) is 0.458. The SMILES string of the molecule is CC(C)Oc1ccc(CCCNC(=O)COc2cccc3c2CCCC3)cc1. The molecule has 0 unspecified atom stereocenters. The van der Waals surface area contributed by atoms with Gasteiger partial charge >= 0.3 is 0 Å².